The summed E-state index contributed by atoms with van der Waals surface area (Å²) in [6.45, 7) is 8.48. The lowest BCUT2D eigenvalue weighted by molar-refractivity contribution is 0.00834. The fourth-order valence-electron chi connectivity index (χ4n) is 2.24. The lowest BCUT2D eigenvalue weighted by atomic mass is 9.97. The molecule has 1 rings (SSSR count). The summed E-state index contributed by atoms with van der Waals surface area (Å²) in [6, 6.07) is 0.377. The van der Waals surface area contributed by atoms with Crippen LogP contribution in [0.3, 0.4) is 0 Å². The molecule has 1 unspecified atom stereocenters. The molecule has 0 bridgehead atoms. The van der Waals surface area contributed by atoms with Crippen LogP contribution in [0.1, 0.15) is 53.4 Å². The first-order valence-corrected chi connectivity index (χ1v) is 6.55. The van der Waals surface area contributed by atoms with Crippen LogP contribution in [-0.4, -0.2) is 35.2 Å². The van der Waals surface area contributed by atoms with Gasteiger partial charge in [0.25, 0.3) is 0 Å². The quantitative estimate of drug-likeness (QED) is 0.809. The number of hydrogen-bond acceptors (Lipinski definition) is 3. The number of nitrogens with zero attached hydrogens (tertiary/aromatic N) is 1. The molecule has 17 heavy (non-hydrogen) atoms. The van der Waals surface area contributed by atoms with E-state index in [1.165, 1.54) is 6.42 Å². The highest BCUT2D eigenvalue weighted by Gasteiger charge is 2.30. The minimum absolute atomic E-state index is 0.128. The third-order valence-electron chi connectivity index (χ3n) is 2.90. The van der Waals surface area contributed by atoms with Gasteiger partial charge in [-0.1, -0.05) is 0 Å². The van der Waals surface area contributed by atoms with Crippen molar-refractivity contribution >= 4 is 6.09 Å². The van der Waals surface area contributed by atoms with E-state index in [4.69, 9.17) is 10.5 Å². The zero-order valence-electron chi connectivity index (χ0n) is 11.5. The van der Waals surface area contributed by atoms with Crippen molar-refractivity contribution in [3.63, 3.8) is 0 Å². The summed E-state index contributed by atoms with van der Waals surface area (Å²) in [5.74, 6) is 0. The third kappa shape index (κ3) is 4.94. The summed E-state index contributed by atoms with van der Waals surface area (Å²) in [5, 5.41) is 0. The normalized spacial score (nSPS) is 23.4. The molecule has 0 aromatic heterocycles. The second-order valence-electron chi connectivity index (χ2n) is 6.04. The van der Waals surface area contributed by atoms with Crippen LogP contribution in [0.5, 0.6) is 0 Å². The number of rotatable bonds is 2. The zero-order chi connectivity index (χ0) is 13.1. The molecule has 4 heteroatoms. The monoisotopic (exact) mass is 242 g/mol. The molecule has 1 saturated heterocycles. The molecular weight excluding hydrogens is 216 g/mol. The zero-order valence-corrected chi connectivity index (χ0v) is 11.5. The SMILES string of the molecule is C[C@@H](N)CC1CCCCN1C(=O)OC(C)(C)C. The molecule has 1 heterocycles. The molecule has 0 saturated carbocycles. The van der Waals surface area contributed by atoms with Crippen molar-refractivity contribution in [1.82, 2.24) is 4.90 Å². The fourth-order valence-corrected chi connectivity index (χ4v) is 2.24. The number of amides is 1. The van der Waals surface area contributed by atoms with Crippen molar-refractivity contribution in [2.75, 3.05) is 6.54 Å². The van der Waals surface area contributed by atoms with Crippen molar-refractivity contribution in [2.24, 2.45) is 5.73 Å². The van der Waals surface area contributed by atoms with Crippen LogP contribution in [-0.2, 0) is 4.74 Å². The second-order valence-corrected chi connectivity index (χ2v) is 6.04. The molecule has 0 radical (unpaired) electrons. The van der Waals surface area contributed by atoms with Gasteiger partial charge in [0.15, 0.2) is 0 Å². The molecule has 100 valence electrons. The number of nitrogens with two attached hydrogens (primary N) is 1. The van der Waals surface area contributed by atoms with Crippen molar-refractivity contribution < 1.29 is 9.53 Å². The van der Waals surface area contributed by atoms with E-state index < -0.39 is 5.60 Å². The summed E-state index contributed by atoms with van der Waals surface area (Å²) in [5.41, 5.74) is 5.41. The van der Waals surface area contributed by atoms with E-state index in [1.807, 2.05) is 32.6 Å². The van der Waals surface area contributed by atoms with Gasteiger partial charge in [-0.25, -0.2) is 4.79 Å². The Labute approximate surface area is 104 Å². The van der Waals surface area contributed by atoms with E-state index in [-0.39, 0.29) is 18.2 Å². The summed E-state index contributed by atoms with van der Waals surface area (Å²) in [6.07, 6.45) is 3.95. The minimum atomic E-state index is -0.423. The standard InChI is InChI=1S/C13H26N2O2/c1-10(14)9-11-7-5-6-8-15(11)12(16)17-13(2,3)4/h10-11H,5-9,14H2,1-4H3/t10-,11?/m1/s1. The topological polar surface area (TPSA) is 55.6 Å². The first-order chi connectivity index (χ1) is 7.79. The maximum Gasteiger partial charge on any atom is 0.410 e. The van der Waals surface area contributed by atoms with E-state index in [1.54, 1.807) is 0 Å². The average Bonchev–Trinajstić information content (AvgIpc) is 2.14. The molecule has 1 aliphatic rings. The Hall–Kier alpha value is -0.770. The lowest BCUT2D eigenvalue weighted by Gasteiger charge is -2.37. The van der Waals surface area contributed by atoms with Gasteiger partial charge in [-0.2, -0.15) is 0 Å². The molecule has 4 nitrogen and oxygen atoms in total. The molecule has 1 amide bonds. The highest BCUT2D eigenvalue weighted by molar-refractivity contribution is 5.68. The van der Waals surface area contributed by atoms with Gasteiger partial charge in [0.05, 0.1) is 0 Å². The first kappa shape index (κ1) is 14.3. The Bertz CT molecular complexity index is 259. The summed E-state index contributed by atoms with van der Waals surface area (Å²) < 4.78 is 5.44. The second kappa shape index (κ2) is 5.71. The number of carbonyl (C=O) groups excluding carboxylic acids is 1. The molecule has 2 atom stereocenters. The Balaban J connectivity index is 2.61. The molecule has 0 spiro atoms. The molecule has 1 fully saturated rings. The lowest BCUT2D eigenvalue weighted by Crippen LogP contribution is -2.47. The van der Waals surface area contributed by atoms with Gasteiger partial charge in [0, 0.05) is 18.6 Å². The van der Waals surface area contributed by atoms with Gasteiger partial charge < -0.3 is 15.4 Å². The van der Waals surface area contributed by atoms with Crippen LogP contribution in [0.25, 0.3) is 0 Å². The van der Waals surface area contributed by atoms with Crippen molar-refractivity contribution in [2.45, 2.75) is 71.1 Å². The van der Waals surface area contributed by atoms with E-state index >= 15 is 0 Å². The number of hydrogen-bond donors (Lipinski definition) is 1. The van der Waals surface area contributed by atoms with Crippen LogP contribution >= 0.6 is 0 Å². The largest absolute Gasteiger partial charge is 0.444 e. The van der Waals surface area contributed by atoms with Crippen LogP contribution in [0.15, 0.2) is 0 Å². The summed E-state index contributed by atoms with van der Waals surface area (Å²) >= 11 is 0. The van der Waals surface area contributed by atoms with E-state index in [0.29, 0.717) is 0 Å². The predicted molar refractivity (Wildman–Crippen MR) is 68.8 cm³/mol. The van der Waals surface area contributed by atoms with Crippen LogP contribution in [0.2, 0.25) is 0 Å². The van der Waals surface area contributed by atoms with Crippen LogP contribution in [0, 0.1) is 0 Å². The van der Waals surface area contributed by atoms with Crippen LogP contribution in [0.4, 0.5) is 4.79 Å². The number of piperidine rings is 1. The van der Waals surface area contributed by atoms with E-state index in [2.05, 4.69) is 0 Å². The van der Waals surface area contributed by atoms with Gasteiger partial charge in [0.1, 0.15) is 5.60 Å². The smallest absolute Gasteiger partial charge is 0.410 e. The van der Waals surface area contributed by atoms with Crippen LogP contribution < -0.4 is 5.73 Å². The Morgan fingerprint density at radius 2 is 2.12 bits per heavy atom. The van der Waals surface area contributed by atoms with Crippen molar-refractivity contribution in [1.29, 1.82) is 0 Å². The number of carbonyl (C=O) groups is 1. The Morgan fingerprint density at radius 1 is 1.47 bits per heavy atom. The maximum atomic E-state index is 12.1. The van der Waals surface area contributed by atoms with E-state index in [0.717, 1.165) is 25.8 Å². The van der Waals surface area contributed by atoms with Gasteiger partial charge in [-0.3, -0.25) is 0 Å². The van der Waals surface area contributed by atoms with Gasteiger partial charge in [-0.05, 0) is 53.4 Å². The highest BCUT2D eigenvalue weighted by atomic mass is 16.6. The van der Waals surface area contributed by atoms with Gasteiger partial charge in [-0.15, -0.1) is 0 Å². The average molecular weight is 242 g/mol. The van der Waals surface area contributed by atoms with Gasteiger partial charge >= 0.3 is 6.09 Å². The molecule has 1 aliphatic heterocycles. The number of ether oxygens (including phenoxy) is 1. The molecule has 0 aromatic rings. The van der Waals surface area contributed by atoms with Crippen molar-refractivity contribution in [3.8, 4) is 0 Å². The van der Waals surface area contributed by atoms with Crippen molar-refractivity contribution in [3.05, 3.63) is 0 Å². The maximum absolute atomic E-state index is 12.1. The van der Waals surface area contributed by atoms with Gasteiger partial charge in [0.2, 0.25) is 0 Å². The predicted octanol–water partition coefficient (Wildman–Crippen LogP) is 2.51. The molecule has 2 N–H and O–H groups in total. The Morgan fingerprint density at radius 3 is 2.65 bits per heavy atom. The fraction of sp³-hybridized carbons (Fsp3) is 0.923. The molecule has 0 aromatic carbocycles. The summed E-state index contributed by atoms with van der Waals surface area (Å²) in [4.78, 5) is 13.9. The first-order valence-electron chi connectivity index (χ1n) is 6.55. The minimum Gasteiger partial charge on any atom is -0.444 e. The van der Waals surface area contributed by atoms with E-state index in [9.17, 15) is 4.79 Å². The highest BCUT2D eigenvalue weighted by Crippen LogP contribution is 2.23. The molecule has 0 aliphatic carbocycles. The third-order valence-corrected chi connectivity index (χ3v) is 2.90. The Kier molecular flexibility index (Phi) is 4.80. The number of likely N-dealkylation sites (tertiary alicyclic amines) is 1. The molecular formula is C13H26N2O2. The summed E-state index contributed by atoms with van der Waals surface area (Å²) in [7, 11) is 0.